The van der Waals surface area contributed by atoms with Gasteiger partial charge in [-0.2, -0.15) is 12.8 Å². The first-order valence-electron chi connectivity index (χ1n) is 3.41. The monoisotopic (exact) mass is 160 g/mol. The third-order valence-corrected chi connectivity index (χ3v) is 0.707. The van der Waals surface area contributed by atoms with E-state index in [1.54, 1.807) is 0 Å². The summed E-state index contributed by atoms with van der Waals surface area (Å²) in [6, 6.07) is 0. The van der Waals surface area contributed by atoms with Crippen LogP contribution in [0.1, 0.15) is 39.5 Å². The number of hydrogen-bond acceptors (Lipinski definition) is 0. The van der Waals surface area contributed by atoms with Crippen molar-refractivity contribution in [2.45, 2.75) is 39.5 Å². The topological polar surface area (TPSA) is 0 Å². The molecule has 0 unspecified atom stereocenters. The summed E-state index contributed by atoms with van der Waals surface area (Å²) in [5.41, 5.74) is 0. The largest absolute Gasteiger partial charge is 1.00 e. The van der Waals surface area contributed by atoms with Crippen molar-refractivity contribution < 1.29 is 70.2 Å². The Kier molecular flexibility index (Phi) is 68.9. The van der Waals surface area contributed by atoms with Gasteiger partial charge in [0.2, 0.25) is 0 Å². The fourth-order valence-corrected chi connectivity index (χ4v) is 0. The van der Waals surface area contributed by atoms with Gasteiger partial charge in [-0.15, -0.1) is 0 Å². The van der Waals surface area contributed by atoms with Crippen LogP contribution < -0.4 is 70.2 Å². The van der Waals surface area contributed by atoms with Gasteiger partial charge in [0, 0.05) is 0 Å². The van der Waals surface area contributed by atoms with Gasteiger partial charge in [0.05, 0.1) is 0 Å². The SMILES string of the molecule is [CH2-]CCC.[CH2-]CCC.[K+].[Li+]. The van der Waals surface area contributed by atoms with Gasteiger partial charge in [-0.05, 0) is 0 Å². The van der Waals surface area contributed by atoms with Crippen molar-refractivity contribution in [3.8, 4) is 0 Å². The molecule has 0 heterocycles. The van der Waals surface area contributed by atoms with Crippen molar-refractivity contribution in [1.29, 1.82) is 0 Å². The molecule has 0 aromatic heterocycles. The first-order chi connectivity index (χ1) is 3.83. The maximum Gasteiger partial charge on any atom is 1.00 e. The van der Waals surface area contributed by atoms with Crippen molar-refractivity contribution in [2.75, 3.05) is 0 Å². The summed E-state index contributed by atoms with van der Waals surface area (Å²) in [6.07, 6.45) is 4.56. The molecule has 0 saturated heterocycles. The number of rotatable bonds is 2. The van der Waals surface area contributed by atoms with Gasteiger partial charge in [0.25, 0.3) is 0 Å². The summed E-state index contributed by atoms with van der Waals surface area (Å²) in [6.45, 7) is 11.4. The van der Waals surface area contributed by atoms with Gasteiger partial charge >= 0.3 is 70.2 Å². The fraction of sp³-hybridized carbons (Fsp3) is 0.750. The fourth-order valence-electron chi connectivity index (χ4n) is 0. The molecule has 0 amide bonds. The molecule has 0 aliphatic carbocycles. The molecule has 0 aliphatic heterocycles. The van der Waals surface area contributed by atoms with Crippen LogP contribution in [0.4, 0.5) is 0 Å². The Labute approximate surface area is 122 Å². The van der Waals surface area contributed by atoms with Crippen LogP contribution >= 0.6 is 0 Å². The molecule has 0 rings (SSSR count). The summed E-state index contributed by atoms with van der Waals surface area (Å²) in [5, 5.41) is 0. The van der Waals surface area contributed by atoms with Crippen LogP contribution in [0.2, 0.25) is 0 Å². The van der Waals surface area contributed by atoms with E-state index in [0.29, 0.717) is 0 Å². The van der Waals surface area contributed by atoms with E-state index in [1.165, 1.54) is 12.8 Å². The summed E-state index contributed by atoms with van der Waals surface area (Å²) in [4.78, 5) is 0. The average Bonchev–Trinajstić information content (AvgIpc) is 1.88. The molecule has 10 heavy (non-hydrogen) atoms. The molecule has 0 aromatic rings. The first-order valence-corrected chi connectivity index (χ1v) is 3.41. The molecule has 2 heteroatoms. The summed E-state index contributed by atoms with van der Waals surface area (Å²) in [5.74, 6) is 0. The van der Waals surface area contributed by atoms with Crippen LogP contribution in [0.3, 0.4) is 0 Å². The first kappa shape index (κ1) is 22.8. The number of hydrogen-bond donors (Lipinski definition) is 0. The smallest absolute Gasteiger partial charge is 0.343 e. The zero-order valence-corrected chi connectivity index (χ0v) is 11.4. The molecule has 0 spiro atoms. The molecule has 0 atom stereocenters. The minimum atomic E-state index is 0. The molecule has 0 bridgehead atoms. The molecule has 0 fully saturated rings. The van der Waals surface area contributed by atoms with Gasteiger partial charge < -0.3 is 13.8 Å². The minimum absolute atomic E-state index is 0. The molecular weight excluding hydrogens is 142 g/mol. The van der Waals surface area contributed by atoms with E-state index < -0.39 is 0 Å². The van der Waals surface area contributed by atoms with E-state index in [2.05, 4.69) is 27.7 Å². The van der Waals surface area contributed by atoms with Gasteiger partial charge in [-0.1, -0.05) is 26.7 Å². The Bertz CT molecular complexity index is 17.2. The maximum absolute atomic E-state index is 3.60. The van der Waals surface area contributed by atoms with E-state index in [1.807, 2.05) is 0 Å². The second-order valence-corrected chi connectivity index (χ2v) is 1.71. The summed E-state index contributed by atoms with van der Waals surface area (Å²) < 4.78 is 0. The molecule has 0 nitrogen and oxygen atoms in total. The molecule has 0 aromatic carbocycles. The van der Waals surface area contributed by atoms with Crippen LogP contribution in [0.25, 0.3) is 0 Å². The van der Waals surface area contributed by atoms with E-state index in [0.717, 1.165) is 12.8 Å². The predicted molar refractivity (Wildman–Crippen MR) is 40.5 cm³/mol. The molecule has 0 aliphatic rings. The predicted octanol–water partition coefficient (Wildman–Crippen LogP) is -2.75. The Balaban J connectivity index is -0.0000000300. The minimum Gasteiger partial charge on any atom is -0.343 e. The van der Waals surface area contributed by atoms with Crippen molar-refractivity contribution in [3.63, 3.8) is 0 Å². The molecule has 0 saturated carbocycles. The van der Waals surface area contributed by atoms with Crippen LogP contribution in [0.5, 0.6) is 0 Å². The second-order valence-electron chi connectivity index (χ2n) is 1.71. The van der Waals surface area contributed by atoms with Crippen LogP contribution in [-0.4, -0.2) is 0 Å². The zero-order chi connectivity index (χ0) is 6.83. The standard InChI is InChI=1S/2C4H9.K.Li/c2*1-3-4-2;;/h2*1,3-4H2,2H3;;/q2*-1;2*+1. The van der Waals surface area contributed by atoms with Crippen molar-refractivity contribution in [3.05, 3.63) is 13.8 Å². The number of unbranched alkanes of at least 4 members (excludes halogenated alkanes) is 2. The Hall–Kier alpha value is 2.23. The Morgan fingerprint density at radius 1 is 0.900 bits per heavy atom. The molecular formula is C8H18KLi. The summed E-state index contributed by atoms with van der Waals surface area (Å²) >= 11 is 0. The molecule has 0 radical (unpaired) electrons. The molecule has 52 valence electrons. The Morgan fingerprint density at radius 3 is 1.00 bits per heavy atom. The normalized spacial score (nSPS) is 6.00. The van der Waals surface area contributed by atoms with Crippen LogP contribution in [0.15, 0.2) is 0 Å². The van der Waals surface area contributed by atoms with Crippen LogP contribution in [0, 0.1) is 13.8 Å². The second kappa shape index (κ2) is 30.3. The van der Waals surface area contributed by atoms with E-state index >= 15 is 0 Å². The zero-order valence-electron chi connectivity index (χ0n) is 8.24. The maximum atomic E-state index is 3.60. The van der Waals surface area contributed by atoms with Crippen LogP contribution in [-0.2, 0) is 0 Å². The van der Waals surface area contributed by atoms with Gasteiger partial charge in [-0.25, -0.2) is 0 Å². The summed E-state index contributed by atoms with van der Waals surface area (Å²) in [7, 11) is 0. The van der Waals surface area contributed by atoms with E-state index in [-0.39, 0.29) is 70.2 Å². The third-order valence-electron chi connectivity index (χ3n) is 0.707. The van der Waals surface area contributed by atoms with E-state index in [4.69, 9.17) is 0 Å². The van der Waals surface area contributed by atoms with Gasteiger partial charge in [0.1, 0.15) is 0 Å². The quantitative estimate of drug-likeness (QED) is 0.303. The van der Waals surface area contributed by atoms with Crippen molar-refractivity contribution in [2.24, 2.45) is 0 Å². The third kappa shape index (κ3) is 48.7. The Morgan fingerprint density at radius 2 is 1.00 bits per heavy atom. The van der Waals surface area contributed by atoms with Gasteiger partial charge in [-0.3, -0.25) is 0 Å². The molecule has 0 N–H and O–H groups in total. The average molecular weight is 160 g/mol. The van der Waals surface area contributed by atoms with E-state index in [9.17, 15) is 0 Å². The van der Waals surface area contributed by atoms with Gasteiger partial charge in [0.15, 0.2) is 0 Å². The van der Waals surface area contributed by atoms with Crippen molar-refractivity contribution >= 4 is 0 Å². The van der Waals surface area contributed by atoms with Crippen molar-refractivity contribution in [1.82, 2.24) is 0 Å².